The number of rotatable bonds is 4. The molecule has 2 amide bonds. The molecule has 0 aliphatic rings. The molecular weight excluding hydrogens is 208 g/mol. The van der Waals surface area contributed by atoms with E-state index in [0.717, 1.165) is 0 Å². The number of amides is 2. The molecule has 0 spiro atoms. The zero-order valence-electron chi connectivity index (χ0n) is 8.93. The van der Waals surface area contributed by atoms with Crippen LogP contribution in [0.25, 0.3) is 0 Å². The van der Waals surface area contributed by atoms with Gasteiger partial charge in [-0.3, -0.25) is 4.79 Å². The maximum atomic E-state index is 11.6. The average Bonchev–Trinajstić information content (AvgIpc) is 2.27. The van der Waals surface area contributed by atoms with Crippen molar-refractivity contribution < 1.29 is 14.7 Å². The van der Waals surface area contributed by atoms with Gasteiger partial charge in [0, 0.05) is 18.2 Å². The van der Waals surface area contributed by atoms with Crippen molar-refractivity contribution in [2.75, 3.05) is 6.54 Å². The fourth-order valence-electron chi connectivity index (χ4n) is 1.19. The minimum absolute atomic E-state index is 0.188. The second kappa shape index (κ2) is 5.75. The van der Waals surface area contributed by atoms with Crippen molar-refractivity contribution in [3.63, 3.8) is 0 Å². The van der Waals surface area contributed by atoms with Gasteiger partial charge < -0.3 is 15.7 Å². The monoisotopic (exact) mass is 222 g/mol. The number of carboxylic acid groups (broad SMARTS) is 1. The fourth-order valence-corrected chi connectivity index (χ4v) is 1.19. The van der Waals surface area contributed by atoms with Crippen molar-refractivity contribution in [2.24, 2.45) is 0 Å². The first-order chi connectivity index (χ1) is 7.59. The number of carbonyl (C=O) groups excluding carboxylic acids is 1. The lowest BCUT2D eigenvalue weighted by atomic mass is 10.2. The summed E-state index contributed by atoms with van der Waals surface area (Å²) in [5.74, 6) is -0.208. The lowest BCUT2D eigenvalue weighted by Gasteiger charge is -2.13. The maximum Gasteiger partial charge on any atom is 0.404 e. The Morgan fingerprint density at radius 3 is 2.50 bits per heavy atom. The molecule has 1 atom stereocenters. The van der Waals surface area contributed by atoms with Gasteiger partial charge >= 0.3 is 6.09 Å². The van der Waals surface area contributed by atoms with Crippen LogP contribution in [0.2, 0.25) is 0 Å². The minimum atomic E-state index is -1.10. The Balaban J connectivity index is 2.43. The number of carbonyl (C=O) groups is 2. The quantitative estimate of drug-likeness (QED) is 0.713. The maximum absolute atomic E-state index is 11.6. The van der Waals surface area contributed by atoms with E-state index < -0.39 is 6.09 Å². The van der Waals surface area contributed by atoms with E-state index in [1.165, 1.54) is 0 Å². The number of benzene rings is 1. The van der Waals surface area contributed by atoms with Gasteiger partial charge in [-0.25, -0.2) is 4.79 Å². The Morgan fingerprint density at radius 1 is 1.31 bits per heavy atom. The molecule has 86 valence electrons. The van der Waals surface area contributed by atoms with Crippen molar-refractivity contribution in [3.05, 3.63) is 35.9 Å². The third-order valence-corrected chi connectivity index (χ3v) is 1.97. The first kappa shape index (κ1) is 12.0. The third-order valence-electron chi connectivity index (χ3n) is 1.97. The molecule has 0 fully saturated rings. The standard InChI is InChI=1S/C11H14N2O3/c1-8(7-12-11(15)16)13-10(14)9-5-3-2-4-6-9/h2-6,8,12H,7H2,1H3,(H,13,14)(H,15,16). The van der Waals surface area contributed by atoms with Crippen LogP contribution in [0.5, 0.6) is 0 Å². The van der Waals surface area contributed by atoms with Gasteiger partial charge in [-0.05, 0) is 19.1 Å². The lowest BCUT2D eigenvalue weighted by Crippen LogP contribution is -2.41. The second-order valence-electron chi connectivity index (χ2n) is 3.43. The highest BCUT2D eigenvalue weighted by atomic mass is 16.4. The molecule has 1 aromatic carbocycles. The molecule has 0 aromatic heterocycles. The second-order valence-corrected chi connectivity index (χ2v) is 3.43. The summed E-state index contributed by atoms with van der Waals surface area (Å²) in [6.07, 6.45) is -1.10. The van der Waals surface area contributed by atoms with Gasteiger partial charge in [0.15, 0.2) is 0 Å². The molecular formula is C11H14N2O3. The first-order valence-corrected chi connectivity index (χ1v) is 4.92. The molecule has 3 N–H and O–H groups in total. The minimum Gasteiger partial charge on any atom is -0.465 e. The third kappa shape index (κ3) is 4.00. The van der Waals surface area contributed by atoms with Crippen molar-refractivity contribution in [1.82, 2.24) is 10.6 Å². The van der Waals surface area contributed by atoms with Crippen LogP contribution in [0.1, 0.15) is 17.3 Å². The van der Waals surface area contributed by atoms with Gasteiger partial charge in [0.25, 0.3) is 5.91 Å². The van der Waals surface area contributed by atoms with Crippen LogP contribution in [-0.2, 0) is 0 Å². The van der Waals surface area contributed by atoms with Crippen LogP contribution in [0.3, 0.4) is 0 Å². The highest BCUT2D eigenvalue weighted by molar-refractivity contribution is 5.94. The lowest BCUT2D eigenvalue weighted by molar-refractivity contribution is 0.0938. The Kier molecular flexibility index (Phi) is 4.32. The molecule has 0 saturated carbocycles. The summed E-state index contributed by atoms with van der Waals surface area (Å²) in [6.45, 7) is 1.92. The molecule has 1 rings (SSSR count). The molecule has 0 aliphatic carbocycles. The number of hydrogen-bond donors (Lipinski definition) is 3. The Bertz CT molecular complexity index is 365. The van der Waals surface area contributed by atoms with E-state index in [0.29, 0.717) is 5.56 Å². The van der Waals surface area contributed by atoms with E-state index in [4.69, 9.17) is 5.11 Å². The van der Waals surface area contributed by atoms with E-state index in [2.05, 4.69) is 10.6 Å². The van der Waals surface area contributed by atoms with E-state index in [9.17, 15) is 9.59 Å². The zero-order chi connectivity index (χ0) is 12.0. The predicted octanol–water partition coefficient (Wildman–Crippen LogP) is 1.07. The Labute approximate surface area is 93.5 Å². The predicted molar refractivity (Wildman–Crippen MR) is 59.4 cm³/mol. The van der Waals surface area contributed by atoms with Gasteiger partial charge in [-0.2, -0.15) is 0 Å². The van der Waals surface area contributed by atoms with E-state index in [-0.39, 0.29) is 18.5 Å². The summed E-state index contributed by atoms with van der Waals surface area (Å²) in [5, 5.41) is 13.3. The molecule has 0 saturated heterocycles. The van der Waals surface area contributed by atoms with Crippen LogP contribution in [0.4, 0.5) is 4.79 Å². The molecule has 0 heterocycles. The largest absolute Gasteiger partial charge is 0.465 e. The molecule has 5 nitrogen and oxygen atoms in total. The molecule has 0 bridgehead atoms. The van der Waals surface area contributed by atoms with Gasteiger partial charge in [-0.1, -0.05) is 18.2 Å². The van der Waals surface area contributed by atoms with E-state index >= 15 is 0 Å². The van der Waals surface area contributed by atoms with Crippen LogP contribution in [-0.4, -0.2) is 29.7 Å². The summed E-state index contributed by atoms with van der Waals surface area (Å²) in [6, 6.07) is 8.53. The van der Waals surface area contributed by atoms with Gasteiger partial charge in [0.2, 0.25) is 0 Å². The summed E-state index contributed by atoms with van der Waals surface area (Å²) < 4.78 is 0. The van der Waals surface area contributed by atoms with Crippen molar-refractivity contribution >= 4 is 12.0 Å². The zero-order valence-corrected chi connectivity index (χ0v) is 8.93. The van der Waals surface area contributed by atoms with Crippen molar-refractivity contribution in [1.29, 1.82) is 0 Å². The van der Waals surface area contributed by atoms with Gasteiger partial charge in [0.05, 0.1) is 0 Å². The van der Waals surface area contributed by atoms with Crippen molar-refractivity contribution in [3.8, 4) is 0 Å². The summed E-state index contributed by atoms with van der Waals surface area (Å²) >= 11 is 0. The molecule has 1 unspecified atom stereocenters. The summed E-state index contributed by atoms with van der Waals surface area (Å²) in [7, 11) is 0. The van der Waals surface area contributed by atoms with Gasteiger partial charge in [-0.15, -0.1) is 0 Å². The van der Waals surface area contributed by atoms with Crippen LogP contribution in [0.15, 0.2) is 30.3 Å². The Morgan fingerprint density at radius 2 is 1.94 bits per heavy atom. The van der Waals surface area contributed by atoms with Crippen molar-refractivity contribution in [2.45, 2.75) is 13.0 Å². The van der Waals surface area contributed by atoms with Crippen LogP contribution >= 0.6 is 0 Å². The molecule has 0 aliphatic heterocycles. The topological polar surface area (TPSA) is 78.4 Å². The highest BCUT2D eigenvalue weighted by Crippen LogP contribution is 1.98. The molecule has 1 aromatic rings. The van der Waals surface area contributed by atoms with Gasteiger partial charge in [0.1, 0.15) is 0 Å². The summed E-state index contributed by atoms with van der Waals surface area (Å²) in [5.41, 5.74) is 0.560. The molecule has 16 heavy (non-hydrogen) atoms. The highest BCUT2D eigenvalue weighted by Gasteiger charge is 2.09. The molecule has 5 heteroatoms. The van der Waals surface area contributed by atoms with E-state index in [1.807, 2.05) is 6.07 Å². The number of nitrogens with one attached hydrogen (secondary N) is 2. The SMILES string of the molecule is CC(CNC(=O)O)NC(=O)c1ccccc1. The average molecular weight is 222 g/mol. The first-order valence-electron chi connectivity index (χ1n) is 4.92. The Hall–Kier alpha value is -2.04. The van der Waals surface area contributed by atoms with Crippen LogP contribution < -0.4 is 10.6 Å². The van der Waals surface area contributed by atoms with Crippen LogP contribution in [0, 0.1) is 0 Å². The normalized spacial score (nSPS) is 11.6. The molecule has 0 radical (unpaired) electrons. The van der Waals surface area contributed by atoms with E-state index in [1.54, 1.807) is 31.2 Å². The smallest absolute Gasteiger partial charge is 0.404 e. The summed E-state index contributed by atoms with van der Waals surface area (Å²) in [4.78, 5) is 21.8. The fraction of sp³-hybridized carbons (Fsp3) is 0.273. The number of hydrogen-bond acceptors (Lipinski definition) is 2.